The Hall–Kier alpha value is -2.92. The molecule has 1 saturated heterocycles. The summed E-state index contributed by atoms with van der Waals surface area (Å²) < 4.78 is 0. The number of aryl methyl sites for hydroxylation is 1. The average molecular weight is 619 g/mol. The summed E-state index contributed by atoms with van der Waals surface area (Å²) in [6, 6.07) is 11.7. The maximum atomic E-state index is 13.6. The molecule has 5 rings (SSSR count). The molecule has 36 heavy (non-hydrogen) atoms. The van der Waals surface area contributed by atoms with E-state index < -0.39 is 46.8 Å². The third-order valence-corrected chi connectivity index (χ3v) is 10.6. The number of non-ortho nitro benzene ring substituents is 1. The standard InChI is InChI=1S/C25H21Br2N3O6/c1-12-5-7-13(8-6-12)18(31)11-28(23(32)14-3-2-4-15(9-14)30(35)36)29-24(33)19-16-10-17(20(19)25(29)34)22(27)21(16)26/h2-9,16-17,19-22H,10-11H2,1H3/t16-,17-,19-,20+,21-,22+/m1/s1. The van der Waals surface area contributed by atoms with Crippen molar-refractivity contribution in [3.63, 3.8) is 0 Å². The van der Waals surface area contributed by atoms with Gasteiger partial charge in [0.05, 0.1) is 16.8 Å². The predicted octanol–water partition coefficient (Wildman–Crippen LogP) is 3.92. The number of nitro benzene ring substituents is 1. The van der Waals surface area contributed by atoms with E-state index >= 15 is 0 Å². The van der Waals surface area contributed by atoms with Crippen molar-refractivity contribution >= 4 is 61.1 Å². The van der Waals surface area contributed by atoms with E-state index in [0.29, 0.717) is 12.0 Å². The van der Waals surface area contributed by atoms with Crippen LogP contribution in [0.1, 0.15) is 32.7 Å². The van der Waals surface area contributed by atoms with E-state index in [4.69, 9.17) is 0 Å². The fraction of sp³-hybridized carbons (Fsp3) is 0.360. The lowest BCUT2D eigenvalue weighted by molar-refractivity contribution is -0.384. The van der Waals surface area contributed by atoms with Gasteiger partial charge < -0.3 is 0 Å². The summed E-state index contributed by atoms with van der Waals surface area (Å²) in [7, 11) is 0. The molecule has 9 nitrogen and oxygen atoms in total. The number of fused-ring (bicyclic) bond motifs is 5. The molecule has 3 aliphatic rings. The molecular formula is C25H21Br2N3O6. The molecule has 3 amide bonds. The van der Waals surface area contributed by atoms with Crippen molar-refractivity contribution in [3.05, 3.63) is 75.3 Å². The van der Waals surface area contributed by atoms with Gasteiger partial charge in [0.1, 0.15) is 6.54 Å². The zero-order chi connectivity index (χ0) is 25.9. The molecule has 11 heteroatoms. The maximum absolute atomic E-state index is 13.6. The Balaban J connectivity index is 1.52. The van der Waals surface area contributed by atoms with Crippen molar-refractivity contribution in [1.82, 2.24) is 10.0 Å². The third kappa shape index (κ3) is 3.88. The molecule has 2 aliphatic carbocycles. The van der Waals surface area contributed by atoms with Crippen LogP contribution in [0, 0.1) is 40.7 Å². The van der Waals surface area contributed by atoms with E-state index in [1.807, 2.05) is 6.92 Å². The van der Waals surface area contributed by atoms with E-state index in [2.05, 4.69) is 31.9 Å². The number of nitro groups is 1. The van der Waals surface area contributed by atoms with Gasteiger partial charge in [0, 0.05) is 32.9 Å². The highest BCUT2D eigenvalue weighted by Crippen LogP contribution is 2.60. The second kappa shape index (κ2) is 9.19. The van der Waals surface area contributed by atoms with E-state index in [0.717, 1.165) is 21.6 Å². The molecule has 0 N–H and O–H groups in total. The number of imide groups is 1. The summed E-state index contributed by atoms with van der Waals surface area (Å²) in [5.41, 5.74) is 0.845. The summed E-state index contributed by atoms with van der Waals surface area (Å²) in [5, 5.41) is 12.9. The molecule has 0 radical (unpaired) electrons. The van der Waals surface area contributed by atoms with Crippen LogP contribution in [0.2, 0.25) is 0 Å². The minimum absolute atomic E-state index is 0.00978. The second-order valence-corrected chi connectivity index (χ2v) is 11.6. The Morgan fingerprint density at radius 2 is 1.58 bits per heavy atom. The van der Waals surface area contributed by atoms with Crippen LogP contribution in [0.3, 0.4) is 0 Å². The van der Waals surface area contributed by atoms with Gasteiger partial charge in [-0.25, -0.2) is 5.01 Å². The number of hydrogen-bond donors (Lipinski definition) is 0. The minimum Gasteiger partial charge on any atom is -0.292 e. The van der Waals surface area contributed by atoms with Crippen LogP contribution in [-0.4, -0.2) is 54.6 Å². The highest BCUT2D eigenvalue weighted by Gasteiger charge is 2.67. The molecule has 6 atom stereocenters. The van der Waals surface area contributed by atoms with Crippen molar-refractivity contribution in [3.8, 4) is 0 Å². The van der Waals surface area contributed by atoms with Crippen LogP contribution in [-0.2, 0) is 9.59 Å². The quantitative estimate of drug-likeness (QED) is 0.159. The van der Waals surface area contributed by atoms with Gasteiger partial charge in [0.15, 0.2) is 5.78 Å². The monoisotopic (exact) mass is 617 g/mol. The first-order chi connectivity index (χ1) is 17.1. The number of amides is 3. The molecule has 2 bridgehead atoms. The first-order valence-electron chi connectivity index (χ1n) is 11.4. The number of rotatable bonds is 6. The molecule has 0 unspecified atom stereocenters. The normalized spacial score (nSPS) is 28.4. The van der Waals surface area contributed by atoms with E-state index in [1.54, 1.807) is 24.3 Å². The number of ketones is 1. The fourth-order valence-electron chi connectivity index (χ4n) is 5.67. The Bertz CT molecular complexity index is 1270. The number of carbonyl (C=O) groups excluding carboxylic acids is 4. The van der Waals surface area contributed by atoms with E-state index in [-0.39, 0.29) is 32.7 Å². The summed E-state index contributed by atoms with van der Waals surface area (Å²) in [4.78, 5) is 64.7. The minimum atomic E-state index is -0.834. The largest absolute Gasteiger partial charge is 0.292 e. The molecule has 0 spiro atoms. The lowest BCUT2D eigenvalue weighted by Crippen LogP contribution is -2.52. The number of benzene rings is 2. The number of Topliss-reactive ketones (excluding diaryl/α,β-unsaturated/α-hetero) is 1. The van der Waals surface area contributed by atoms with Crippen LogP contribution in [0.25, 0.3) is 0 Å². The van der Waals surface area contributed by atoms with E-state index in [9.17, 15) is 29.3 Å². The van der Waals surface area contributed by atoms with Crippen LogP contribution in [0.5, 0.6) is 0 Å². The van der Waals surface area contributed by atoms with Crippen LogP contribution in [0.4, 0.5) is 5.69 Å². The Morgan fingerprint density at radius 3 is 2.14 bits per heavy atom. The van der Waals surface area contributed by atoms with Gasteiger partial charge in [-0.15, -0.1) is 0 Å². The Morgan fingerprint density at radius 1 is 1.00 bits per heavy atom. The highest BCUT2D eigenvalue weighted by atomic mass is 79.9. The van der Waals surface area contributed by atoms with Crippen molar-refractivity contribution < 1.29 is 24.1 Å². The number of hydrazine groups is 1. The summed E-state index contributed by atoms with van der Waals surface area (Å²) in [6.07, 6.45) is 0.716. The van der Waals surface area contributed by atoms with Crippen LogP contribution in [0.15, 0.2) is 48.5 Å². The Kier molecular flexibility index (Phi) is 6.32. The van der Waals surface area contributed by atoms with Gasteiger partial charge in [-0.05, 0) is 31.2 Å². The van der Waals surface area contributed by atoms with Crippen molar-refractivity contribution in [2.24, 2.45) is 23.7 Å². The Labute approximate surface area is 223 Å². The molecule has 2 aromatic rings. The lowest BCUT2D eigenvalue weighted by Gasteiger charge is -2.30. The number of hydrogen-bond acceptors (Lipinski definition) is 6. The molecule has 2 aromatic carbocycles. The van der Waals surface area contributed by atoms with Crippen molar-refractivity contribution in [2.45, 2.75) is 23.0 Å². The summed E-state index contributed by atoms with van der Waals surface area (Å²) >= 11 is 7.28. The molecular weight excluding hydrogens is 598 g/mol. The molecule has 3 fully saturated rings. The van der Waals surface area contributed by atoms with Gasteiger partial charge in [-0.1, -0.05) is 67.8 Å². The molecule has 0 aromatic heterocycles. The summed E-state index contributed by atoms with van der Waals surface area (Å²) in [6.45, 7) is 1.31. The topological polar surface area (TPSA) is 118 Å². The first kappa shape index (κ1) is 24.8. The predicted molar refractivity (Wildman–Crippen MR) is 136 cm³/mol. The fourth-order valence-corrected chi connectivity index (χ4v) is 7.55. The SMILES string of the molecule is Cc1ccc(C(=O)CN(C(=O)c2cccc([N+](=O)[O-])c2)N2C(=O)[C@@H]3[C@H]4C[C@@H]([C@H](Br)[C@@H]4Br)[C@@H]3C2=O)cc1. The number of nitrogens with zero attached hydrogens (tertiary/aromatic N) is 3. The molecule has 1 heterocycles. The van der Waals surface area contributed by atoms with Gasteiger partial charge in [-0.2, -0.15) is 5.01 Å². The van der Waals surface area contributed by atoms with Gasteiger partial charge in [0.2, 0.25) is 0 Å². The number of halogens is 2. The van der Waals surface area contributed by atoms with Gasteiger partial charge >= 0.3 is 0 Å². The number of carbonyl (C=O) groups is 4. The third-order valence-electron chi connectivity index (χ3n) is 7.41. The van der Waals surface area contributed by atoms with Crippen molar-refractivity contribution in [2.75, 3.05) is 6.54 Å². The van der Waals surface area contributed by atoms with E-state index in [1.165, 1.54) is 18.2 Å². The number of alkyl halides is 2. The lowest BCUT2D eigenvalue weighted by atomic mass is 9.81. The smallest absolute Gasteiger partial charge is 0.273 e. The van der Waals surface area contributed by atoms with Crippen LogP contribution >= 0.6 is 31.9 Å². The zero-order valence-electron chi connectivity index (χ0n) is 19.0. The summed E-state index contributed by atoms with van der Waals surface area (Å²) in [5.74, 6) is -3.66. The highest BCUT2D eigenvalue weighted by molar-refractivity contribution is 9.12. The second-order valence-electron chi connectivity index (χ2n) is 9.45. The molecule has 1 aliphatic heterocycles. The molecule has 2 saturated carbocycles. The average Bonchev–Trinajstić information content (AvgIpc) is 3.47. The van der Waals surface area contributed by atoms with Gasteiger partial charge in [0.25, 0.3) is 23.4 Å². The molecule has 186 valence electrons. The first-order valence-corrected chi connectivity index (χ1v) is 13.3. The van der Waals surface area contributed by atoms with Crippen LogP contribution < -0.4 is 0 Å². The van der Waals surface area contributed by atoms with Gasteiger partial charge in [-0.3, -0.25) is 29.3 Å². The zero-order valence-corrected chi connectivity index (χ0v) is 22.2. The van der Waals surface area contributed by atoms with Crippen molar-refractivity contribution in [1.29, 1.82) is 0 Å². The maximum Gasteiger partial charge on any atom is 0.273 e.